The molecule has 0 aromatic heterocycles. The summed E-state index contributed by atoms with van der Waals surface area (Å²) in [6.07, 6.45) is 2.57. The van der Waals surface area contributed by atoms with Crippen LogP contribution in [0.1, 0.15) is 29.9 Å². The minimum atomic E-state index is -1.84. The standard InChI is InChI=1S/C31H30Cl2N2O7/c1-34-28(40)30(32)16-23-21(25(31(30,33)29(34)41)18-4-8-20(9-5-18)42-15-14-36)10-11-22-24(23)27(39)35(26(22)38)13-12-17-2-6-19(37)7-3-17/h2-10,22-25,36-37H,11-16H2,1H3. The second kappa shape index (κ2) is 10.4. The number of phenolic OH excluding ortho intramolecular Hbond substituents is 1. The van der Waals surface area contributed by atoms with Crippen LogP contribution >= 0.6 is 23.2 Å². The van der Waals surface area contributed by atoms with Crippen molar-refractivity contribution in [1.29, 1.82) is 0 Å². The Balaban J connectivity index is 1.37. The number of halogens is 2. The molecule has 2 N–H and O–H groups in total. The molecule has 9 nitrogen and oxygen atoms in total. The van der Waals surface area contributed by atoms with Gasteiger partial charge in [0.15, 0.2) is 9.75 Å². The van der Waals surface area contributed by atoms with Crippen molar-refractivity contribution in [3.05, 3.63) is 71.3 Å². The molecule has 0 spiro atoms. The summed E-state index contributed by atoms with van der Waals surface area (Å²) in [5.41, 5.74) is 2.22. The van der Waals surface area contributed by atoms with Gasteiger partial charge in [-0.2, -0.15) is 0 Å². The quantitative estimate of drug-likeness (QED) is 0.280. The van der Waals surface area contributed by atoms with Gasteiger partial charge in [0, 0.05) is 19.5 Å². The summed E-state index contributed by atoms with van der Waals surface area (Å²) in [4.78, 5) is 53.2. The molecule has 42 heavy (non-hydrogen) atoms. The number of likely N-dealkylation sites (tertiary alicyclic amines) is 2. The molecular weight excluding hydrogens is 583 g/mol. The van der Waals surface area contributed by atoms with Crippen LogP contribution in [0.4, 0.5) is 0 Å². The van der Waals surface area contributed by atoms with Crippen molar-refractivity contribution in [2.24, 2.45) is 17.8 Å². The Hall–Kier alpha value is -3.40. The van der Waals surface area contributed by atoms with E-state index in [9.17, 15) is 24.3 Å². The van der Waals surface area contributed by atoms with Crippen LogP contribution in [-0.4, -0.2) is 80.2 Å². The highest BCUT2D eigenvalue weighted by Gasteiger charge is 2.75. The van der Waals surface area contributed by atoms with E-state index in [1.807, 2.05) is 6.08 Å². The first kappa shape index (κ1) is 28.7. The zero-order valence-corrected chi connectivity index (χ0v) is 24.3. The predicted molar refractivity (Wildman–Crippen MR) is 153 cm³/mol. The Labute approximate surface area is 252 Å². The maximum atomic E-state index is 13.9. The monoisotopic (exact) mass is 612 g/mol. The van der Waals surface area contributed by atoms with E-state index in [2.05, 4.69) is 0 Å². The molecule has 2 aromatic rings. The summed E-state index contributed by atoms with van der Waals surface area (Å²) < 4.78 is 5.49. The van der Waals surface area contributed by atoms with Crippen LogP contribution in [0.2, 0.25) is 0 Å². The summed E-state index contributed by atoms with van der Waals surface area (Å²) in [6.45, 7) is 0.144. The third-order valence-electron chi connectivity index (χ3n) is 9.24. The van der Waals surface area contributed by atoms with Crippen LogP contribution in [0.5, 0.6) is 11.5 Å². The first-order valence-electron chi connectivity index (χ1n) is 13.9. The smallest absolute Gasteiger partial charge is 0.253 e. The molecule has 0 radical (unpaired) electrons. The first-order valence-corrected chi connectivity index (χ1v) is 14.7. The molecule has 0 bridgehead atoms. The highest BCUT2D eigenvalue weighted by atomic mass is 35.5. The zero-order chi connectivity index (χ0) is 30.0. The van der Waals surface area contributed by atoms with Gasteiger partial charge in [-0.05, 0) is 60.6 Å². The number of alkyl halides is 2. The molecule has 3 fully saturated rings. The van der Waals surface area contributed by atoms with Crippen molar-refractivity contribution < 1.29 is 34.1 Å². The zero-order valence-electron chi connectivity index (χ0n) is 22.8. The number of benzene rings is 2. The number of hydrogen-bond acceptors (Lipinski definition) is 7. The number of hydrogen-bond donors (Lipinski definition) is 2. The first-order chi connectivity index (χ1) is 20.0. The summed E-state index contributed by atoms with van der Waals surface area (Å²) in [5.74, 6) is -3.94. The van der Waals surface area contributed by atoms with Gasteiger partial charge in [0.05, 0.1) is 18.4 Å². The number of aliphatic hydroxyl groups is 1. The molecule has 6 rings (SSSR count). The predicted octanol–water partition coefficient (Wildman–Crippen LogP) is 2.99. The van der Waals surface area contributed by atoms with Gasteiger partial charge in [-0.15, -0.1) is 23.2 Å². The number of aromatic hydroxyl groups is 1. The number of rotatable bonds is 7. The molecule has 4 amide bonds. The molecule has 11 heteroatoms. The number of carbonyl (C=O) groups is 4. The lowest BCUT2D eigenvalue weighted by Crippen LogP contribution is -2.60. The molecule has 6 atom stereocenters. The molecule has 2 saturated heterocycles. The highest BCUT2D eigenvalue weighted by Crippen LogP contribution is 2.65. The van der Waals surface area contributed by atoms with E-state index >= 15 is 0 Å². The summed E-state index contributed by atoms with van der Waals surface area (Å²) in [5, 5.41) is 18.7. The van der Waals surface area contributed by atoms with Crippen molar-refractivity contribution in [3.8, 4) is 11.5 Å². The van der Waals surface area contributed by atoms with Crippen molar-refractivity contribution in [3.63, 3.8) is 0 Å². The minimum absolute atomic E-state index is 0.0566. The molecule has 2 aliphatic carbocycles. The highest BCUT2D eigenvalue weighted by molar-refractivity contribution is 6.53. The lowest BCUT2D eigenvalue weighted by molar-refractivity contribution is -0.141. The molecule has 6 unspecified atom stereocenters. The Kier molecular flexibility index (Phi) is 7.11. The molecule has 1 saturated carbocycles. The van der Waals surface area contributed by atoms with Crippen LogP contribution in [0.25, 0.3) is 0 Å². The fourth-order valence-corrected chi connectivity index (χ4v) is 8.25. The number of fused-ring (bicyclic) bond motifs is 4. The van der Waals surface area contributed by atoms with Crippen LogP contribution < -0.4 is 4.74 Å². The molecule has 2 aromatic carbocycles. The maximum Gasteiger partial charge on any atom is 0.253 e. The second-order valence-corrected chi connectivity index (χ2v) is 12.6. The number of phenols is 1. The van der Waals surface area contributed by atoms with Gasteiger partial charge in [-0.25, -0.2) is 0 Å². The van der Waals surface area contributed by atoms with Crippen LogP contribution in [0.3, 0.4) is 0 Å². The number of carbonyl (C=O) groups excluding carboxylic acids is 4. The van der Waals surface area contributed by atoms with E-state index in [0.29, 0.717) is 24.2 Å². The van der Waals surface area contributed by atoms with E-state index in [4.69, 9.17) is 33.0 Å². The Morgan fingerprint density at radius 3 is 2.31 bits per heavy atom. The summed E-state index contributed by atoms with van der Waals surface area (Å²) in [7, 11) is 1.36. The minimum Gasteiger partial charge on any atom is -0.508 e. The number of aliphatic hydroxyl groups excluding tert-OH is 1. The Morgan fingerprint density at radius 2 is 1.64 bits per heavy atom. The van der Waals surface area contributed by atoms with E-state index < -0.39 is 45.2 Å². The third-order valence-corrected chi connectivity index (χ3v) is 10.7. The van der Waals surface area contributed by atoms with Crippen molar-refractivity contribution in [2.75, 3.05) is 26.8 Å². The van der Waals surface area contributed by atoms with Crippen molar-refractivity contribution >= 4 is 46.8 Å². The third kappa shape index (κ3) is 4.08. The normalized spacial score (nSPS) is 32.0. The average Bonchev–Trinajstić information content (AvgIpc) is 3.30. The fraction of sp³-hybridized carbons (Fsp3) is 0.419. The summed E-state index contributed by atoms with van der Waals surface area (Å²) in [6, 6.07) is 13.5. The van der Waals surface area contributed by atoms with Crippen molar-refractivity contribution in [1.82, 2.24) is 9.80 Å². The van der Waals surface area contributed by atoms with E-state index in [-0.39, 0.29) is 43.7 Å². The Morgan fingerprint density at radius 1 is 0.952 bits per heavy atom. The molecule has 220 valence electrons. The van der Waals surface area contributed by atoms with E-state index in [1.165, 1.54) is 11.9 Å². The largest absolute Gasteiger partial charge is 0.508 e. The SMILES string of the molecule is CN1C(=O)C2(Cl)CC3C(=CCC4C(=O)N(CCc5ccc(O)cc5)C(=O)C43)C(c3ccc(OCCO)cc3)C2(Cl)C1=O. The van der Waals surface area contributed by atoms with Gasteiger partial charge >= 0.3 is 0 Å². The number of allylic oxidation sites excluding steroid dienone is 2. The van der Waals surface area contributed by atoms with Crippen molar-refractivity contribution in [2.45, 2.75) is 34.9 Å². The number of imide groups is 2. The molecule has 4 aliphatic rings. The number of nitrogens with zero attached hydrogens (tertiary/aromatic N) is 2. The Bertz CT molecular complexity index is 1490. The van der Waals surface area contributed by atoms with E-state index in [0.717, 1.165) is 16.0 Å². The van der Waals surface area contributed by atoms with Gasteiger partial charge in [-0.1, -0.05) is 35.9 Å². The molecule has 2 heterocycles. The lowest BCUT2D eigenvalue weighted by atomic mass is 9.56. The van der Waals surface area contributed by atoms with Crippen LogP contribution in [0, 0.1) is 17.8 Å². The topological polar surface area (TPSA) is 124 Å². The van der Waals surface area contributed by atoms with Crippen LogP contribution in [-0.2, 0) is 25.6 Å². The lowest BCUT2D eigenvalue weighted by Gasteiger charge is -2.50. The number of amides is 4. The maximum absolute atomic E-state index is 13.9. The molecule has 2 aliphatic heterocycles. The van der Waals surface area contributed by atoms with Crippen LogP contribution in [0.15, 0.2) is 60.2 Å². The van der Waals surface area contributed by atoms with E-state index in [1.54, 1.807) is 48.5 Å². The average molecular weight is 613 g/mol. The number of ether oxygens (including phenoxy) is 1. The summed E-state index contributed by atoms with van der Waals surface area (Å²) >= 11 is 14.4. The van der Waals surface area contributed by atoms with Gasteiger partial charge in [0.2, 0.25) is 11.8 Å². The van der Waals surface area contributed by atoms with Gasteiger partial charge in [-0.3, -0.25) is 29.0 Å². The molecular formula is C31H30Cl2N2O7. The fourth-order valence-electron chi connectivity index (χ4n) is 7.23. The van der Waals surface area contributed by atoms with Gasteiger partial charge in [0.25, 0.3) is 11.8 Å². The van der Waals surface area contributed by atoms with Gasteiger partial charge < -0.3 is 14.9 Å². The second-order valence-electron chi connectivity index (χ2n) is 11.4. The van der Waals surface area contributed by atoms with Gasteiger partial charge in [0.1, 0.15) is 18.1 Å².